The minimum absolute atomic E-state index is 0.0390. The average Bonchev–Trinajstić information content (AvgIpc) is 2.96. The number of amides is 1. The number of nitrogens with one attached hydrogen (secondary N) is 1. The van der Waals surface area contributed by atoms with Crippen molar-refractivity contribution in [1.82, 2.24) is 4.31 Å². The molecule has 0 atom stereocenters. The third kappa shape index (κ3) is 3.83. The number of benzene rings is 1. The SMILES string of the molecule is CN(CC(=O)Nc1ccc(F)cc1Cl)S(=O)(=O)c1cccs1. The van der Waals surface area contributed by atoms with Crippen LogP contribution >= 0.6 is 22.9 Å². The van der Waals surface area contributed by atoms with Crippen molar-refractivity contribution in [2.75, 3.05) is 18.9 Å². The number of sulfonamides is 1. The monoisotopic (exact) mass is 362 g/mol. The molecular formula is C13H12ClFN2O3S2. The molecule has 1 amide bonds. The maximum absolute atomic E-state index is 12.9. The van der Waals surface area contributed by atoms with E-state index in [9.17, 15) is 17.6 Å². The Labute approximate surface area is 136 Å². The van der Waals surface area contributed by atoms with E-state index < -0.39 is 21.7 Å². The van der Waals surface area contributed by atoms with Gasteiger partial charge >= 0.3 is 0 Å². The Morgan fingerprint density at radius 2 is 2.14 bits per heavy atom. The predicted octanol–water partition coefficient (Wildman–Crippen LogP) is 2.80. The van der Waals surface area contributed by atoms with Crippen LogP contribution in [0.15, 0.2) is 39.9 Å². The fraction of sp³-hybridized carbons (Fsp3) is 0.154. The van der Waals surface area contributed by atoms with Crippen LogP contribution in [-0.2, 0) is 14.8 Å². The fourth-order valence-electron chi connectivity index (χ4n) is 1.63. The van der Waals surface area contributed by atoms with Gasteiger partial charge in [-0.15, -0.1) is 11.3 Å². The molecule has 5 nitrogen and oxygen atoms in total. The average molecular weight is 363 g/mol. The van der Waals surface area contributed by atoms with Crippen LogP contribution in [0.4, 0.5) is 10.1 Å². The van der Waals surface area contributed by atoms with Gasteiger partial charge in [-0.25, -0.2) is 12.8 Å². The molecule has 1 heterocycles. The molecule has 0 aliphatic carbocycles. The molecule has 0 fully saturated rings. The number of anilines is 1. The Bertz CT molecular complexity index is 779. The number of rotatable bonds is 5. The van der Waals surface area contributed by atoms with Crippen molar-refractivity contribution >= 4 is 44.6 Å². The first-order valence-electron chi connectivity index (χ1n) is 6.05. The van der Waals surface area contributed by atoms with Crippen molar-refractivity contribution in [2.45, 2.75) is 4.21 Å². The van der Waals surface area contributed by atoms with E-state index in [4.69, 9.17) is 11.6 Å². The van der Waals surface area contributed by atoms with Crippen LogP contribution in [-0.4, -0.2) is 32.2 Å². The summed E-state index contributed by atoms with van der Waals surface area (Å²) in [5, 5.41) is 4.12. The molecule has 0 spiro atoms. The zero-order valence-electron chi connectivity index (χ0n) is 11.4. The first-order chi connectivity index (χ1) is 10.3. The standard InChI is InChI=1S/C13H12ClFN2O3S2/c1-17(22(19,20)13-3-2-6-21-13)8-12(18)16-11-5-4-9(15)7-10(11)14/h2-7H,8H2,1H3,(H,16,18). The molecule has 2 rings (SSSR count). The largest absolute Gasteiger partial charge is 0.324 e. The van der Waals surface area contributed by atoms with E-state index in [-0.39, 0.29) is 21.5 Å². The van der Waals surface area contributed by atoms with Crippen LogP contribution < -0.4 is 5.32 Å². The van der Waals surface area contributed by atoms with Gasteiger partial charge in [0.1, 0.15) is 10.0 Å². The van der Waals surface area contributed by atoms with Crippen LogP contribution in [0, 0.1) is 5.82 Å². The molecular weight excluding hydrogens is 351 g/mol. The van der Waals surface area contributed by atoms with Crippen LogP contribution in [0.25, 0.3) is 0 Å². The summed E-state index contributed by atoms with van der Waals surface area (Å²) in [6.07, 6.45) is 0. The minimum Gasteiger partial charge on any atom is -0.324 e. The third-order valence-electron chi connectivity index (χ3n) is 2.73. The van der Waals surface area contributed by atoms with Crippen molar-refractivity contribution < 1.29 is 17.6 Å². The van der Waals surface area contributed by atoms with Gasteiger partial charge in [0, 0.05) is 7.05 Å². The normalized spacial score (nSPS) is 11.6. The highest BCUT2D eigenvalue weighted by molar-refractivity contribution is 7.91. The van der Waals surface area contributed by atoms with E-state index in [2.05, 4.69) is 5.32 Å². The number of likely N-dealkylation sites (N-methyl/N-ethyl adjacent to an activating group) is 1. The van der Waals surface area contributed by atoms with E-state index >= 15 is 0 Å². The first-order valence-corrected chi connectivity index (χ1v) is 8.75. The van der Waals surface area contributed by atoms with Crippen LogP contribution in [0.5, 0.6) is 0 Å². The zero-order valence-corrected chi connectivity index (χ0v) is 13.8. The van der Waals surface area contributed by atoms with Crippen molar-refractivity contribution in [2.24, 2.45) is 0 Å². The quantitative estimate of drug-likeness (QED) is 0.889. The number of carbonyl (C=O) groups excluding carboxylic acids is 1. The third-order valence-corrected chi connectivity index (χ3v) is 6.22. The number of nitrogens with zero attached hydrogens (tertiary/aromatic N) is 1. The smallest absolute Gasteiger partial charge is 0.252 e. The van der Waals surface area contributed by atoms with E-state index in [1.54, 1.807) is 11.4 Å². The summed E-state index contributed by atoms with van der Waals surface area (Å²) in [7, 11) is -2.40. The number of hydrogen-bond acceptors (Lipinski definition) is 4. The van der Waals surface area contributed by atoms with Gasteiger partial charge in [-0.2, -0.15) is 4.31 Å². The molecule has 0 radical (unpaired) electrons. The minimum atomic E-state index is -3.70. The maximum atomic E-state index is 12.9. The van der Waals surface area contributed by atoms with E-state index in [1.807, 2.05) is 0 Å². The highest BCUT2D eigenvalue weighted by Crippen LogP contribution is 2.23. The predicted molar refractivity (Wildman–Crippen MR) is 84.2 cm³/mol. The van der Waals surface area contributed by atoms with Crippen LogP contribution in [0.2, 0.25) is 5.02 Å². The van der Waals surface area contributed by atoms with Gasteiger partial charge in [-0.3, -0.25) is 4.79 Å². The lowest BCUT2D eigenvalue weighted by molar-refractivity contribution is -0.116. The summed E-state index contributed by atoms with van der Waals surface area (Å²) in [5.41, 5.74) is 0.218. The van der Waals surface area contributed by atoms with Crippen molar-refractivity contribution in [3.05, 3.63) is 46.6 Å². The summed E-state index contributed by atoms with van der Waals surface area (Å²) < 4.78 is 38.4. The Balaban J connectivity index is 2.06. The second-order valence-electron chi connectivity index (χ2n) is 4.37. The number of thiophene rings is 1. The summed E-state index contributed by atoms with van der Waals surface area (Å²) in [6.45, 7) is -0.381. The van der Waals surface area contributed by atoms with Crippen molar-refractivity contribution in [3.63, 3.8) is 0 Å². The lowest BCUT2D eigenvalue weighted by Crippen LogP contribution is -2.34. The summed E-state index contributed by atoms with van der Waals surface area (Å²) in [4.78, 5) is 11.9. The topological polar surface area (TPSA) is 66.5 Å². The van der Waals surface area contributed by atoms with Crippen LogP contribution in [0.3, 0.4) is 0 Å². The number of hydrogen-bond donors (Lipinski definition) is 1. The van der Waals surface area contributed by atoms with Gasteiger partial charge in [0.15, 0.2) is 0 Å². The van der Waals surface area contributed by atoms with Gasteiger partial charge in [0.2, 0.25) is 5.91 Å². The molecule has 0 bridgehead atoms. The molecule has 1 aromatic carbocycles. The molecule has 1 aromatic heterocycles. The number of carbonyl (C=O) groups is 1. The Hall–Kier alpha value is -1.48. The molecule has 0 aliphatic rings. The molecule has 118 valence electrons. The highest BCUT2D eigenvalue weighted by Gasteiger charge is 2.24. The maximum Gasteiger partial charge on any atom is 0.252 e. The molecule has 2 aromatic rings. The molecule has 0 saturated heterocycles. The zero-order chi connectivity index (χ0) is 16.3. The summed E-state index contributed by atoms with van der Waals surface area (Å²) >= 11 is 6.87. The first kappa shape index (κ1) is 16.9. The van der Waals surface area contributed by atoms with E-state index in [0.717, 1.165) is 27.8 Å². The van der Waals surface area contributed by atoms with Gasteiger partial charge in [-0.05, 0) is 29.6 Å². The number of halogens is 2. The van der Waals surface area contributed by atoms with Gasteiger partial charge in [0.25, 0.3) is 10.0 Å². The van der Waals surface area contributed by atoms with E-state index in [1.165, 1.54) is 19.2 Å². The molecule has 1 N–H and O–H groups in total. The lowest BCUT2D eigenvalue weighted by Gasteiger charge is -2.16. The molecule has 0 saturated carbocycles. The van der Waals surface area contributed by atoms with Gasteiger partial charge < -0.3 is 5.32 Å². The summed E-state index contributed by atoms with van der Waals surface area (Å²) in [6, 6.07) is 6.59. The van der Waals surface area contributed by atoms with E-state index in [0.29, 0.717) is 0 Å². The van der Waals surface area contributed by atoms with Crippen molar-refractivity contribution in [3.8, 4) is 0 Å². The Morgan fingerprint density at radius 1 is 1.41 bits per heavy atom. The van der Waals surface area contributed by atoms with Gasteiger partial charge in [-0.1, -0.05) is 17.7 Å². The second-order valence-corrected chi connectivity index (χ2v) is 7.99. The van der Waals surface area contributed by atoms with Crippen LogP contribution in [0.1, 0.15) is 0 Å². The van der Waals surface area contributed by atoms with Crippen molar-refractivity contribution in [1.29, 1.82) is 0 Å². The lowest BCUT2D eigenvalue weighted by atomic mass is 10.3. The highest BCUT2D eigenvalue weighted by atomic mass is 35.5. The molecule has 0 aliphatic heterocycles. The molecule has 9 heteroatoms. The fourth-order valence-corrected chi connectivity index (χ4v) is 4.17. The van der Waals surface area contributed by atoms with Gasteiger partial charge in [0.05, 0.1) is 17.3 Å². The summed E-state index contributed by atoms with van der Waals surface area (Å²) in [5.74, 6) is -1.10. The Morgan fingerprint density at radius 3 is 2.73 bits per heavy atom. The second kappa shape index (κ2) is 6.74. The molecule has 0 unspecified atom stereocenters. The Kier molecular flexibility index (Phi) is 5.17. The molecule has 22 heavy (non-hydrogen) atoms.